The molecule has 2 aromatic carbocycles. The molecule has 0 spiro atoms. The number of hydrogen-bond donors (Lipinski definition) is 2. The summed E-state index contributed by atoms with van der Waals surface area (Å²) in [6.45, 7) is 3.19. The van der Waals surface area contributed by atoms with E-state index >= 15 is 0 Å². The maximum Gasteiger partial charge on any atom is 0.239 e. The highest BCUT2D eigenvalue weighted by Crippen LogP contribution is 2.20. The number of benzene rings is 2. The lowest BCUT2D eigenvalue weighted by Gasteiger charge is -2.28. The molecule has 1 saturated heterocycles. The molecule has 0 saturated carbocycles. The van der Waals surface area contributed by atoms with Crippen molar-refractivity contribution in [3.63, 3.8) is 0 Å². The van der Waals surface area contributed by atoms with Crippen LogP contribution < -0.4 is 14.9 Å². The van der Waals surface area contributed by atoms with Gasteiger partial charge in [0.15, 0.2) is 0 Å². The molecule has 0 aromatic heterocycles. The maximum atomic E-state index is 13.6. The topological polar surface area (TPSA) is 78.5 Å². The minimum atomic E-state index is -3.66. The van der Waals surface area contributed by atoms with Crippen LogP contribution in [-0.2, 0) is 20.6 Å². The van der Waals surface area contributed by atoms with Crippen LogP contribution in [0.25, 0.3) is 0 Å². The number of carbonyl (C=O) groups is 1. The van der Waals surface area contributed by atoms with Gasteiger partial charge in [0.1, 0.15) is 5.82 Å². The molecular formula is C18H20FN3O3S. The molecule has 2 N–H and O–H groups in total. The second-order valence-electron chi connectivity index (χ2n) is 6.26. The largest absolute Gasteiger partial charge is 0.360 e. The van der Waals surface area contributed by atoms with E-state index in [1.807, 2.05) is 4.90 Å². The van der Waals surface area contributed by atoms with Gasteiger partial charge in [-0.3, -0.25) is 9.52 Å². The number of aryl methyl sites for hydroxylation is 1. The summed E-state index contributed by atoms with van der Waals surface area (Å²) in [7, 11) is -3.66. The molecule has 0 atom stereocenters. The lowest BCUT2D eigenvalue weighted by Crippen LogP contribution is -2.47. The number of carbonyl (C=O) groups excluding carboxylic acids is 1. The van der Waals surface area contributed by atoms with Crippen LogP contribution in [0.1, 0.15) is 11.1 Å². The predicted molar refractivity (Wildman–Crippen MR) is 99.0 cm³/mol. The van der Waals surface area contributed by atoms with Gasteiger partial charge in [-0.15, -0.1) is 0 Å². The molecule has 1 aliphatic rings. The van der Waals surface area contributed by atoms with E-state index in [0.29, 0.717) is 29.9 Å². The first-order valence-electron chi connectivity index (χ1n) is 8.20. The van der Waals surface area contributed by atoms with Crippen LogP contribution in [0.5, 0.6) is 0 Å². The van der Waals surface area contributed by atoms with Crippen LogP contribution in [0.3, 0.4) is 0 Å². The summed E-state index contributed by atoms with van der Waals surface area (Å²) in [5.74, 6) is -0.767. The van der Waals surface area contributed by atoms with E-state index in [-0.39, 0.29) is 18.2 Å². The van der Waals surface area contributed by atoms with Gasteiger partial charge < -0.3 is 10.2 Å². The number of halogens is 1. The molecule has 6 nitrogen and oxygen atoms in total. The Morgan fingerprint density at radius 3 is 2.58 bits per heavy atom. The van der Waals surface area contributed by atoms with Gasteiger partial charge in [0.05, 0.1) is 12.3 Å². The predicted octanol–water partition coefficient (Wildman–Crippen LogP) is 2.01. The Kier molecular flexibility index (Phi) is 5.13. The smallest absolute Gasteiger partial charge is 0.239 e. The third-order valence-electron chi connectivity index (χ3n) is 4.14. The van der Waals surface area contributed by atoms with Crippen LogP contribution in [0.2, 0.25) is 0 Å². The average molecular weight is 377 g/mol. The first-order valence-corrected chi connectivity index (χ1v) is 9.85. The summed E-state index contributed by atoms with van der Waals surface area (Å²) in [5.41, 5.74) is 2.13. The Morgan fingerprint density at radius 1 is 1.19 bits per heavy atom. The van der Waals surface area contributed by atoms with Crippen LogP contribution >= 0.6 is 0 Å². The van der Waals surface area contributed by atoms with E-state index < -0.39 is 15.8 Å². The number of nitrogens with one attached hydrogen (secondary N) is 2. The summed E-state index contributed by atoms with van der Waals surface area (Å²) in [5, 5.41) is 2.76. The van der Waals surface area contributed by atoms with Crippen LogP contribution in [0.15, 0.2) is 42.5 Å². The van der Waals surface area contributed by atoms with Gasteiger partial charge >= 0.3 is 0 Å². The molecule has 3 rings (SSSR count). The highest BCUT2D eigenvalue weighted by atomic mass is 32.2. The molecule has 138 valence electrons. The third kappa shape index (κ3) is 4.51. The molecule has 1 amide bonds. The van der Waals surface area contributed by atoms with E-state index in [1.165, 1.54) is 6.07 Å². The third-order valence-corrected chi connectivity index (χ3v) is 5.40. The van der Waals surface area contributed by atoms with Crippen molar-refractivity contribution >= 4 is 27.3 Å². The van der Waals surface area contributed by atoms with Gasteiger partial charge in [0.25, 0.3) is 0 Å². The van der Waals surface area contributed by atoms with Crippen molar-refractivity contribution < 1.29 is 17.6 Å². The monoisotopic (exact) mass is 377 g/mol. The SMILES string of the molecule is Cc1ccc(CS(=O)(=O)Nc2ccc(N3CCNC(=O)C3)cc2)cc1F. The molecule has 1 heterocycles. The highest BCUT2D eigenvalue weighted by molar-refractivity contribution is 7.91. The number of sulfonamides is 1. The summed E-state index contributed by atoms with van der Waals surface area (Å²) in [6.07, 6.45) is 0. The fourth-order valence-electron chi connectivity index (χ4n) is 2.76. The Morgan fingerprint density at radius 2 is 1.92 bits per heavy atom. The molecule has 2 aromatic rings. The Bertz CT molecular complexity index is 914. The standard InChI is InChI=1S/C18H20FN3O3S/c1-13-2-3-14(10-17(13)19)12-26(24,25)21-15-4-6-16(7-5-15)22-9-8-20-18(23)11-22/h2-7,10,21H,8-9,11-12H2,1H3,(H,20,23). The van der Waals surface area contributed by atoms with Gasteiger partial charge in [-0.2, -0.15) is 0 Å². The molecule has 0 bridgehead atoms. The van der Waals surface area contributed by atoms with E-state index in [1.54, 1.807) is 43.3 Å². The molecule has 0 aliphatic carbocycles. The van der Waals surface area contributed by atoms with E-state index in [2.05, 4.69) is 10.0 Å². The number of hydrogen-bond acceptors (Lipinski definition) is 4. The number of piperazine rings is 1. The van der Waals surface area contributed by atoms with Gasteiger partial charge in [0, 0.05) is 24.5 Å². The van der Waals surface area contributed by atoms with Crippen molar-refractivity contribution in [2.24, 2.45) is 0 Å². The fourth-order valence-corrected chi connectivity index (χ4v) is 3.95. The second-order valence-corrected chi connectivity index (χ2v) is 7.99. The number of nitrogens with zero attached hydrogens (tertiary/aromatic N) is 1. The Balaban J connectivity index is 1.67. The highest BCUT2D eigenvalue weighted by Gasteiger charge is 2.17. The van der Waals surface area contributed by atoms with Crippen molar-refractivity contribution in [2.75, 3.05) is 29.3 Å². The zero-order valence-corrected chi connectivity index (χ0v) is 15.1. The quantitative estimate of drug-likeness (QED) is 0.836. The van der Waals surface area contributed by atoms with Crippen molar-refractivity contribution in [3.05, 3.63) is 59.4 Å². The maximum absolute atomic E-state index is 13.6. The van der Waals surface area contributed by atoms with Crippen molar-refractivity contribution in [2.45, 2.75) is 12.7 Å². The summed E-state index contributed by atoms with van der Waals surface area (Å²) in [4.78, 5) is 13.4. The normalized spacial score (nSPS) is 14.8. The molecule has 1 fully saturated rings. The lowest BCUT2D eigenvalue weighted by molar-refractivity contribution is -0.120. The minimum Gasteiger partial charge on any atom is -0.360 e. The molecule has 8 heteroatoms. The lowest BCUT2D eigenvalue weighted by atomic mass is 10.2. The van der Waals surface area contributed by atoms with Gasteiger partial charge in [-0.25, -0.2) is 12.8 Å². The van der Waals surface area contributed by atoms with Crippen LogP contribution in [-0.4, -0.2) is 34.0 Å². The molecule has 26 heavy (non-hydrogen) atoms. The number of rotatable bonds is 5. The van der Waals surface area contributed by atoms with Gasteiger partial charge in [-0.05, 0) is 48.4 Å². The van der Waals surface area contributed by atoms with E-state index in [4.69, 9.17) is 0 Å². The molecule has 0 radical (unpaired) electrons. The number of anilines is 2. The molecular weight excluding hydrogens is 357 g/mol. The minimum absolute atomic E-state index is 0.0358. The van der Waals surface area contributed by atoms with Crippen LogP contribution in [0, 0.1) is 12.7 Å². The van der Waals surface area contributed by atoms with Crippen molar-refractivity contribution in [1.29, 1.82) is 0 Å². The van der Waals surface area contributed by atoms with Crippen LogP contribution in [0.4, 0.5) is 15.8 Å². The van der Waals surface area contributed by atoms with Gasteiger partial charge in [0.2, 0.25) is 15.9 Å². The zero-order valence-electron chi connectivity index (χ0n) is 14.3. The first kappa shape index (κ1) is 18.2. The molecule has 1 aliphatic heterocycles. The van der Waals surface area contributed by atoms with E-state index in [0.717, 1.165) is 5.69 Å². The number of amides is 1. The second kappa shape index (κ2) is 7.33. The average Bonchev–Trinajstić information content (AvgIpc) is 2.58. The van der Waals surface area contributed by atoms with Crippen molar-refractivity contribution in [1.82, 2.24) is 5.32 Å². The van der Waals surface area contributed by atoms with Crippen molar-refractivity contribution in [3.8, 4) is 0 Å². The summed E-state index contributed by atoms with van der Waals surface area (Å²) < 4.78 is 40.7. The fraction of sp³-hybridized carbons (Fsp3) is 0.278. The Labute approximate surface area is 152 Å². The van der Waals surface area contributed by atoms with Gasteiger partial charge in [-0.1, -0.05) is 12.1 Å². The molecule has 0 unspecified atom stereocenters. The zero-order chi connectivity index (χ0) is 18.7. The Hall–Kier alpha value is -2.61. The summed E-state index contributed by atoms with van der Waals surface area (Å²) in [6, 6.07) is 11.2. The first-order chi connectivity index (χ1) is 12.3. The van der Waals surface area contributed by atoms with E-state index in [9.17, 15) is 17.6 Å². The summed E-state index contributed by atoms with van der Waals surface area (Å²) >= 11 is 0.